The fraction of sp³-hybridized carbons (Fsp3) is 0.0175. The minimum Gasteiger partial charge on any atom is -0.310 e. The van der Waals surface area contributed by atoms with Crippen LogP contribution >= 0.6 is 0 Å². The van der Waals surface area contributed by atoms with E-state index in [1.54, 1.807) is 0 Å². The Balaban J connectivity index is 1.21. The van der Waals surface area contributed by atoms with Crippen LogP contribution in [-0.4, -0.2) is 0 Å². The third-order valence-electron chi connectivity index (χ3n) is 12.1. The van der Waals surface area contributed by atoms with Crippen molar-refractivity contribution in [2.24, 2.45) is 0 Å². The first kappa shape index (κ1) is 33.8. The van der Waals surface area contributed by atoms with E-state index in [4.69, 9.17) is 0 Å². The van der Waals surface area contributed by atoms with Crippen molar-refractivity contribution in [2.75, 3.05) is 4.90 Å². The van der Waals surface area contributed by atoms with E-state index in [-0.39, 0.29) is 0 Å². The highest BCUT2D eigenvalue weighted by atomic mass is 15.1. The van der Waals surface area contributed by atoms with Crippen LogP contribution in [0.25, 0.3) is 54.9 Å². The minimum atomic E-state index is -0.513. The van der Waals surface area contributed by atoms with Crippen LogP contribution < -0.4 is 4.90 Å². The average molecular weight is 738 g/mol. The summed E-state index contributed by atoms with van der Waals surface area (Å²) >= 11 is 0. The summed E-state index contributed by atoms with van der Waals surface area (Å²) in [5, 5.41) is 5.02. The van der Waals surface area contributed by atoms with Crippen molar-refractivity contribution < 1.29 is 0 Å². The number of hydrogen-bond donors (Lipinski definition) is 0. The fourth-order valence-electron chi connectivity index (χ4n) is 9.61. The van der Waals surface area contributed by atoms with E-state index in [1.807, 2.05) is 0 Å². The van der Waals surface area contributed by atoms with Gasteiger partial charge in [-0.15, -0.1) is 0 Å². The lowest BCUT2D eigenvalue weighted by Crippen LogP contribution is -2.28. The van der Waals surface area contributed by atoms with Crippen molar-refractivity contribution in [2.45, 2.75) is 5.41 Å². The van der Waals surface area contributed by atoms with Gasteiger partial charge in [-0.05, 0) is 108 Å². The van der Waals surface area contributed by atoms with Crippen molar-refractivity contribution in [3.05, 3.63) is 259 Å². The first-order chi connectivity index (χ1) is 28.8. The SMILES string of the molecule is c1ccc(-c2ccc(-c3cc4ccccc4c4ccccc34)cc2N(c2ccccc2)c2ccc3c(c2)C(c2ccccc2)(c2ccccc2)c2ccccc2-3)cc1. The van der Waals surface area contributed by atoms with E-state index < -0.39 is 5.41 Å². The Morgan fingerprint density at radius 3 is 1.57 bits per heavy atom. The van der Waals surface area contributed by atoms with E-state index in [1.165, 1.54) is 77.2 Å². The van der Waals surface area contributed by atoms with Gasteiger partial charge >= 0.3 is 0 Å². The van der Waals surface area contributed by atoms with Crippen LogP contribution in [0.15, 0.2) is 237 Å². The molecule has 10 aromatic rings. The second-order valence-corrected chi connectivity index (χ2v) is 15.2. The molecule has 11 rings (SSSR count). The Kier molecular flexibility index (Phi) is 8.12. The lowest BCUT2D eigenvalue weighted by Gasteiger charge is -2.35. The van der Waals surface area contributed by atoms with Crippen molar-refractivity contribution >= 4 is 38.6 Å². The predicted octanol–water partition coefficient (Wildman–Crippen LogP) is 15.2. The first-order valence-corrected chi connectivity index (χ1v) is 20.1. The van der Waals surface area contributed by atoms with Crippen LogP contribution in [-0.2, 0) is 5.41 Å². The molecule has 0 radical (unpaired) electrons. The second-order valence-electron chi connectivity index (χ2n) is 15.2. The highest BCUT2D eigenvalue weighted by Crippen LogP contribution is 2.57. The minimum absolute atomic E-state index is 0.513. The molecule has 1 nitrogen and oxygen atoms in total. The molecule has 0 saturated heterocycles. The monoisotopic (exact) mass is 737 g/mol. The number of fused-ring (bicyclic) bond motifs is 6. The van der Waals surface area contributed by atoms with Gasteiger partial charge < -0.3 is 4.90 Å². The number of para-hydroxylation sites is 1. The first-order valence-electron chi connectivity index (χ1n) is 20.1. The van der Waals surface area contributed by atoms with Crippen molar-refractivity contribution in [3.63, 3.8) is 0 Å². The van der Waals surface area contributed by atoms with Gasteiger partial charge in [-0.25, -0.2) is 0 Å². The van der Waals surface area contributed by atoms with Gasteiger partial charge in [0.1, 0.15) is 0 Å². The molecule has 0 N–H and O–H groups in total. The van der Waals surface area contributed by atoms with Crippen molar-refractivity contribution in [3.8, 4) is 33.4 Å². The number of anilines is 3. The van der Waals surface area contributed by atoms with E-state index in [0.717, 1.165) is 17.1 Å². The average Bonchev–Trinajstić information content (AvgIpc) is 3.60. The summed E-state index contributed by atoms with van der Waals surface area (Å²) in [4.78, 5) is 2.47. The second kappa shape index (κ2) is 13.9. The molecule has 0 heterocycles. The maximum Gasteiger partial charge on any atom is 0.0714 e. The van der Waals surface area contributed by atoms with Crippen molar-refractivity contribution in [1.29, 1.82) is 0 Å². The molecule has 1 heteroatoms. The summed E-state index contributed by atoms with van der Waals surface area (Å²) in [5.41, 5.74) is 15.2. The fourth-order valence-corrected chi connectivity index (χ4v) is 9.61. The zero-order valence-corrected chi connectivity index (χ0v) is 32.0. The lowest BCUT2D eigenvalue weighted by atomic mass is 9.67. The molecule has 0 aliphatic heterocycles. The van der Waals surface area contributed by atoms with Gasteiger partial charge in [-0.2, -0.15) is 0 Å². The van der Waals surface area contributed by atoms with E-state index >= 15 is 0 Å². The molecule has 10 aromatic carbocycles. The van der Waals surface area contributed by atoms with Gasteiger partial charge in [-0.1, -0.05) is 200 Å². The molecule has 58 heavy (non-hydrogen) atoms. The molecular formula is C57H39N. The molecule has 0 unspecified atom stereocenters. The smallest absolute Gasteiger partial charge is 0.0714 e. The molecule has 0 amide bonds. The van der Waals surface area contributed by atoms with Crippen LogP contribution in [0.3, 0.4) is 0 Å². The molecule has 0 fully saturated rings. The Labute approximate surface area is 339 Å². The van der Waals surface area contributed by atoms with E-state index in [0.29, 0.717) is 0 Å². The summed E-state index contributed by atoms with van der Waals surface area (Å²) in [6, 6.07) is 86.9. The topological polar surface area (TPSA) is 3.24 Å². The molecule has 0 aromatic heterocycles. The molecule has 0 saturated carbocycles. The summed E-state index contributed by atoms with van der Waals surface area (Å²) in [6.45, 7) is 0. The van der Waals surface area contributed by atoms with Crippen LogP contribution in [0.4, 0.5) is 17.1 Å². The Hall–Kier alpha value is -7.48. The standard InChI is InChI=1S/C57H39N/c1-5-19-40(20-6-1)48-35-33-42(53-37-41-21-13-14-28-47(41)49-29-15-16-30-50(49)53)38-56(48)58(45-26-11-4-12-27-45)46-34-36-52-51-31-17-18-32-54(51)57(55(52)39-46,43-22-7-2-8-23-43)44-24-9-3-10-25-44/h1-39H. The largest absolute Gasteiger partial charge is 0.310 e. The normalized spacial score (nSPS) is 12.6. The van der Waals surface area contributed by atoms with Gasteiger partial charge in [0.2, 0.25) is 0 Å². The maximum absolute atomic E-state index is 2.47. The van der Waals surface area contributed by atoms with Crippen LogP contribution in [0.1, 0.15) is 22.3 Å². The zero-order chi connectivity index (χ0) is 38.5. The third-order valence-corrected chi connectivity index (χ3v) is 12.1. The summed E-state index contributed by atoms with van der Waals surface area (Å²) < 4.78 is 0. The van der Waals surface area contributed by atoms with Gasteiger partial charge in [0.05, 0.1) is 11.1 Å². The maximum atomic E-state index is 2.47. The lowest BCUT2D eigenvalue weighted by molar-refractivity contribution is 0.768. The number of nitrogens with zero attached hydrogens (tertiary/aromatic N) is 1. The number of rotatable bonds is 7. The summed E-state index contributed by atoms with van der Waals surface area (Å²) in [7, 11) is 0. The number of benzene rings is 10. The van der Waals surface area contributed by atoms with Gasteiger partial charge in [0.25, 0.3) is 0 Å². The molecule has 0 bridgehead atoms. The zero-order valence-electron chi connectivity index (χ0n) is 32.0. The van der Waals surface area contributed by atoms with Crippen LogP contribution in [0.2, 0.25) is 0 Å². The van der Waals surface area contributed by atoms with E-state index in [9.17, 15) is 0 Å². The molecule has 1 aliphatic carbocycles. The van der Waals surface area contributed by atoms with Crippen molar-refractivity contribution in [1.82, 2.24) is 0 Å². The molecule has 1 aliphatic rings. The molecular weight excluding hydrogens is 699 g/mol. The Morgan fingerprint density at radius 2 is 0.845 bits per heavy atom. The Bertz CT molecular complexity index is 3060. The van der Waals surface area contributed by atoms with Crippen LogP contribution in [0.5, 0.6) is 0 Å². The molecule has 272 valence electrons. The van der Waals surface area contributed by atoms with Gasteiger partial charge in [-0.3, -0.25) is 0 Å². The van der Waals surface area contributed by atoms with Crippen LogP contribution in [0, 0.1) is 0 Å². The number of hydrogen-bond acceptors (Lipinski definition) is 1. The predicted molar refractivity (Wildman–Crippen MR) is 244 cm³/mol. The molecule has 0 atom stereocenters. The third kappa shape index (κ3) is 5.32. The van der Waals surface area contributed by atoms with Gasteiger partial charge in [0.15, 0.2) is 0 Å². The highest BCUT2D eigenvalue weighted by molar-refractivity contribution is 6.14. The summed E-state index contributed by atoms with van der Waals surface area (Å²) in [6.07, 6.45) is 0. The highest BCUT2D eigenvalue weighted by Gasteiger charge is 2.46. The quantitative estimate of drug-likeness (QED) is 0.147. The summed E-state index contributed by atoms with van der Waals surface area (Å²) in [5.74, 6) is 0. The molecule has 0 spiro atoms. The van der Waals surface area contributed by atoms with Gasteiger partial charge in [0, 0.05) is 16.9 Å². The van der Waals surface area contributed by atoms with E-state index in [2.05, 4.69) is 241 Å². The Morgan fingerprint density at radius 1 is 0.293 bits per heavy atom.